The third-order valence-corrected chi connectivity index (χ3v) is 3.47. The summed E-state index contributed by atoms with van der Waals surface area (Å²) in [6.07, 6.45) is -0.608. The summed E-state index contributed by atoms with van der Waals surface area (Å²) in [7, 11) is 1.26. The van der Waals surface area contributed by atoms with Crippen molar-refractivity contribution in [2.75, 3.05) is 20.2 Å². The third kappa shape index (κ3) is 4.20. The highest BCUT2D eigenvalue weighted by Crippen LogP contribution is 2.22. The van der Waals surface area contributed by atoms with Gasteiger partial charge in [0.25, 0.3) is 0 Å². The molecule has 6 nitrogen and oxygen atoms in total. The van der Waals surface area contributed by atoms with Crippen LogP contribution in [-0.2, 0) is 9.53 Å². The lowest BCUT2D eigenvalue weighted by Gasteiger charge is -2.17. The number of ether oxygens (including phenoxy) is 1. The summed E-state index contributed by atoms with van der Waals surface area (Å²) in [5.74, 6) is -0.926. The van der Waals surface area contributed by atoms with E-state index in [1.807, 2.05) is 48.5 Å². The fourth-order valence-electron chi connectivity index (χ4n) is 2.29. The molecule has 6 heteroatoms. The maximum Gasteiger partial charge on any atom is 0.406 e. The second kappa shape index (κ2) is 7.80. The predicted molar refractivity (Wildman–Crippen MR) is 85.7 cm³/mol. The highest BCUT2D eigenvalue weighted by Gasteiger charge is 2.21. The number of benzene rings is 2. The molecule has 0 spiro atoms. The fourth-order valence-corrected chi connectivity index (χ4v) is 2.29. The number of hydrogen-bond acceptors (Lipinski definition) is 4. The van der Waals surface area contributed by atoms with Crippen molar-refractivity contribution in [2.45, 2.75) is 5.92 Å². The molecule has 0 bridgehead atoms. The number of carbonyl (C=O) groups is 2. The Morgan fingerprint density at radius 2 is 1.91 bits per heavy atom. The molecule has 2 rings (SSSR count). The first-order valence-electron chi connectivity index (χ1n) is 7.11. The maximum absolute atomic E-state index is 12.3. The fraction of sp³-hybridized carbons (Fsp3) is 0.235. The molecule has 2 N–H and O–H groups in total. The Morgan fingerprint density at radius 3 is 2.61 bits per heavy atom. The van der Waals surface area contributed by atoms with E-state index in [2.05, 4.69) is 15.4 Å². The Morgan fingerprint density at radius 1 is 1.17 bits per heavy atom. The van der Waals surface area contributed by atoms with Crippen LogP contribution in [0.25, 0.3) is 10.8 Å². The van der Waals surface area contributed by atoms with E-state index in [1.54, 1.807) is 0 Å². The van der Waals surface area contributed by atoms with Crippen LogP contribution in [0.2, 0.25) is 0 Å². The minimum Gasteiger partial charge on any atom is -0.453 e. The van der Waals surface area contributed by atoms with Gasteiger partial charge in [0.2, 0.25) is 5.91 Å². The number of nitriles is 1. The van der Waals surface area contributed by atoms with Gasteiger partial charge in [0.1, 0.15) is 6.54 Å². The lowest BCUT2D eigenvalue weighted by molar-refractivity contribution is -0.122. The van der Waals surface area contributed by atoms with Gasteiger partial charge in [-0.1, -0.05) is 42.5 Å². The van der Waals surface area contributed by atoms with Crippen LogP contribution in [0.5, 0.6) is 0 Å². The largest absolute Gasteiger partial charge is 0.453 e. The van der Waals surface area contributed by atoms with Gasteiger partial charge in [0.05, 0.1) is 19.1 Å². The lowest BCUT2D eigenvalue weighted by atomic mass is 9.95. The number of nitrogens with zero attached hydrogens (tertiary/aromatic N) is 1. The topological polar surface area (TPSA) is 91.2 Å². The van der Waals surface area contributed by atoms with Crippen molar-refractivity contribution in [3.63, 3.8) is 0 Å². The predicted octanol–water partition coefficient (Wildman–Crippen LogP) is 1.92. The van der Waals surface area contributed by atoms with E-state index in [0.717, 1.165) is 16.3 Å². The van der Waals surface area contributed by atoms with E-state index in [4.69, 9.17) is 5.26 Å². The van der Waals surface area contributed by atoms with Gasteiger partial charge < -0.3 is 15.4 Å². The van der Waals surface area contributed by atoms with Crippen LogP contribution in [0.15, 0.2) is 42.5 Å². The summed E-state index contributed by atoms with van der Waals surface area (Å²) in [6, 6.07) is 15.3. The molecule has 0 saturated carbocycles. The first-order valence-corrected chi connectivity index (χ1v) is 7.11. The number of carbonyl (C=O) groups excluding carboxylic acids is 2. The van der Waals surface area contributed by atoms with Crippen LogP contribution in [0.3, 0.4) is 0 Å². The average Bonchev–Trinajstić information content (AvgIpc) is 2.59. The molecule has 2 aromatic rings. The third-order valence-electron chi connectivity index (χ3n) is 3.47. The smallest absolute Gasteiger partial charge is 0.406 e. The Balaban J connectivity index is 2.27. The summed E-state index contributed by atoms with van der Waals surface area (Å²) >= 11 is 0. The van der Waals surface area contributed by atoms with Gasteiger partial charge in [-0.05, 0) is 16.3 Å². The van der Waals surface area contributed by atoms with Crippen molar-refractivity contribution >= 4 is 22.8 Å². The number of hydrogen-bond donors (Lipinski definition) is 2. The molecule has 1 atom stereocenters. The van der Waals surface area contributed by atoms with E-state index in [0.29, 0.717) is 0 Å². The van der Waals surface area contributed by atoms with Crippen LogP contribution >= 0.6 is 0 Å². The van der Waals surface area contributed by atoms with Gasteiger partial charge >= 0.3 is 6.09 Å². The van der Waals surface area contributed by atoms with Gasteiger partial charge in [0.15, 0.2) is 0 Å². The summed E-state index contributed by atoms with van der Waals surface area (Å²) in [5.41, 5.74) is 0.760. The summed E-state index contributed by atoms with van der Waals surface area (Å²) in [4.78, 5) is 23.6. The van der Waals surface area contributed by atoms with E-state index >= 15 is 0 Å². The average molecular weight is 311 g/mol. The highest BCUT2D eigenvalue weighted by molar-refractivity contribution is 5.88. The maximum atomic E-state index is 12.3. The zero-order chi connectivity index (χ0) is 16.7. The molecule has 23 heavy (non-hydrogen) atoms. The van der Waals surface area contributed by atoms with E-state index in [1.165, 1.54) is 7.11 Å². The van der Waals surface area contributed by atoms with Gasteiger partial charge in [-0.3, -0.25) is 4.79 Å². The number of nitrogens with one attached hydrogen (secondary N) is 2. The second-order valence-corrected chi connectivity index (χ2v) is 4.91. The van der Waals surface area contributed by atoms with Crippen molar-refractivity contribution in [1.82, 2.24) is 10.6 Å². The second-order valence-electron chi connectivity index (χ2n) is 4.91. The molecule has 0 radical (unpaired) electrons. The number of methoxy groups -OCH3 is 1. The molecule has 0 fully saturated rings. The summed E-state index contributed by atoms with van der Waals surface area (Å²) in [6.45, 7) is 0.00339. The van der Waals surface area contributed by atoms with E-state index in [-0.39, 0.29) is 19.0 Å². The van der Waals surface area contributed by atoms with Crippen LogP contribution < -0.4 is 10.6 Å². The van der Waals surface area contributed by atoms with Crippen molar-refractivity contribution < 1.29 is 14.3 Å². The van der Waals surface area contributed by atoms with Crippen molar-refractivity contribution in [1.29, 1.82) is 5.26 Å². The molecule has 0 saturated heterocycles. The summed E-state index contributed by atoms with van der Waals surface area (Å²) in [5, 5.41) is 15.7. The standard InChI is InChI=1S/C17H17N3O3/c1-23-17(22)20-11-15(16(21)19-9-8-18)14-7-6-12-4-2-3-5-13(12)10-14/h2-7,10,15H,9,11H2,1H3,(H,19,21)(H,20,22). The quantitative estimate of drug-likeness (QED) is 0.825. The van der Waals surface area contributed by atoms with E-state index < -0.39 is 12.0 Å². The molecule has 0 aliphatic carbocycles. The van der Waals surface area contributed by atoms with Crippen LogP contribution in [0, 0.1) is 11.3 Å². The number of amides is 2. The Labute approximate surface area is 134 Å². The van der Waals surface area contributed by atoms with Gasteiger partial charge in [-0.2, -0.15) is 5.26 Å². The number of rotatable bonds is 5. The molecule has 2 amide bonds. The van der Waals surface area contributed by atoms with Crippen LogP contribution in [0.4, 0.5) is 4.79 Å². The van der Waals surface area contributed by atoms with Gasteiger partial charge in [-0.15, -0.1) is 0 Å². The molecule has 2 aromatic carbocycles. The minimum atomic E-state index is -0.608. The molecule has 0 aliphatic rings. The first kappa shape index (κ1) is 16.3. The first-order chi connectivity index (χ1) is 11.2. The van der Waals surface area contributed by atoms with Crippen molar-refractivity contribution in [3.8, 4) is 6.07 Å². The summed E-state index contributed by atoms with van der Waals surface area (Å²) < 4.78 is 4.53. The zero-order valence-electron chi connectivity index (χ0n) is 12.7. The molecule has 0 aliphatic heterocycles. The Bertz CT molecular complexity index is 752. The SMILES string of the molecule is COC(=O)NCC(C(=O)NCC#N)c1ccc2ccccc2c1. The molecular weight excluding hydrogens is 294 g/mol. The highest BCUT2D eigenvalue weighted by atomic mass is 16.5. The molecule has 0 aromatic heterocycles. The van der Waals surface area contributed by atoms with Crippen molar-refractivity contribution in [3.05, 3.63) is 48.0 Å². The minimum absolute atomic E-state index is 0.0822. The number of alkyl carbamates (subject to hydrolysis) is 1. The van der Waals surface area contributed by atoms with Crippen LogP contribution in [-0.4, -0.2) is 32.2 Å². The Hall–Kier alpha value is -3.07. The lowest BCUT2D eigenvalue weighted by Crippen LogP contribution is -2.37. The molecule has 1 unspecified atom stereocenters. The van der Waals surface area contributed by atoms with Gasteiger partial charge in [0, 0.05) is 6.54 Å². The van der Waals surface area contributed by atoms with Crippen LogP contribution in [0.1, 0.15) is 11.5 Å². The normalized spacial score (nSPS) is 11.3. The molecule has 118 valence electrons. The molecule has 0 heterocycles. The number of fused-ring (bicyclic) bond motifs is 1. The Kier molecular flexibility index (Phi) is 5.53. The monoisotopic (exact) mass is 311 g/mol. The van der Waals surface area contributed by atoms with Crippen molar-refractivity contribution in [2.24, 2.45) is 0 Å². The molecular formula is C17H17N3O3. The van der Waals surface area contributed by atoms with Gasteiger partial charge in [-0.25, -0.2) is 4.79 Å². The van der Waals surface area contributed by atoms with E-state index in [9.17, 15) is 9.59 Å². The zero-order valence-corrected chi connectivity index (χ0v) is 12.7.